The topological polar surface area (TPSA) is 77.9 Å². The molecule has 2 amide bonds. The van der Waals surface area contributed by atoms with Crippen molar-refractivity contribution in [1.82, 2.24) is 4.90 Å². The summed E-state index contributed by atoms with van der Waals surface area (Å²) in [5, 5.41) is 10.4. The SMILES string of the molecule is O=C(O)CN1C(=O)S/C(=C/c2ccc(N3CCCC3)c3ccccc23)C1=O. The maximum atomic E-state index is 12.4. The van der Waals surface area contributed by atoms with E-state index in [4.69, 9.17) is 5.11 Å². The molecule has 0 atom stereocenters. The standard InChI is InChI=1S/C20H18N2O4S/c23-18(24)12-22-19(25)17(27-20(22)26)11-13-7-8-16(21-9-3-4-10-21)15-6-2-1-5-14(13)15/h1-2,5-8,11H,3-4,9-10,12H2,(H,23,24)/b17-11+. The second-order valence-electron chi connectivity index (χ2n) is 6.58. The molecule has 0 spiro atoms. The van der Waals surface area contributed by atoms with Crippen LogP contribution in [0.1, 0.15) is 18.4 Å². The van der Waals surface area contributed by atoms with Gasteiger partial charge >= 0.3 is 5.97 Å². The first-order chi connectivity index (χ1) is 13.0. The van der Waals surface area contributed by atoms with Crippen LogP contribution in [0.4, 0.5) is 10.5 Å². The Balaban J connectivity index is 1.74. The first-order valence-corrected chi connectivity index (χ1v) is 9.60. The Bertz CT molecular complexity index is 979. The van der Waals surface area contributed by atoms with E-state index in [1.165, 1.54) is 18.5 Å². The molecule has 27 heavy (non-hydrogen) atoms. The zero-order chi connectivity index (χ0) is 19.0. The summed E-state index contributed by atoms with van der Waals surface area (Å²) >= 11 is 0.781. The summed E-state index contributed by atoms with van der Waals surface area (Å²) in [6, 6.07) is 12.0. The predicted molar refractivity (Wildman–Crippen MR) is 106 cm³/mol. The van der Waals surface area contributed by atoms with Crippen molar-refractivity contribution < 1.29 is 19.5 Å². The summed E-state index contributed by atoms with van der Waals surface area (Å²) in [6.07, 6.45) is 4.06. The van der Waals surface area contributed by atoms with Gasteiger partial charge in [0.1, 0.15) is 6.54 Å². The molecule has 0 saturated carbocycles. The molecule has 0 bridgehead atoms. The minimum absolute atomic E-state index is 0.250. The number of nitrogens with zero attached hydrogens (tertiary/aromatic N) is 2. The maximum Gasteiger partial charge on any atom is 0.323 e. The number of aliphatic carboxylic acids is 1. The first-order valence-electron chi connectivity index (χ1n) is 8.78. The van der Waals surface area contributed by atoms with Crippen LogP contribution in [0.3, 0.4) is 0 Å². The number of fused-ring (bicyclic) bond motifs is 1. The second-order valence-corrected chi connectivity index (χ2v) is 7.57. The molecule has 0 aromatic heterocycles. The van der Waals surface area contributed by atoms with Gasteiger partial charge in [-0.05, 0) is 47.7 Å². The molecule has 2 aliphatic heterocycles. The van der Waals surface area contributed by atoms with Gasteiger partial charge in [-0.3, -0.25) is 19.3 Å². The maximum absolute atomic E-state index is 12.4. The smallest absolute Gasteiger partial charge is 0.323 e. The number of carboxylic acid groups (broad SMARTS) is 1. The molecule has 138 valence electrons. The highest BCUT2D eigenvalue weighted by Crippen LogP contribution is 2.36. The minimum atomic E-state index is -1.21. The van der Waals surface area contributed by atoms with Crippen molar-refractivity contribution in [2.75, 3.05) is 24.5 Å². The molecule has 2 fully saturated rings. The number of rotatable bonds is 4. The van der Waals surface area contributed by atoms with E-state index in [0.717, 1.165) is 46.1 Å². The van der Waals surface area contributed by atoms with Crippen molar-refractivity contribution in [3.05, 3.63) is 46.9 Å². The van der Waals surface area contributed by atoms with Crippen molar-refractivity contribution in [1.29, 1.82) is 0 Å². The average Bonchev–Trinajstić information content (AvgIpc) is 3.27. The molecule has 0 aliphatic carbocycles. The third-order valence-electron chi connectivity index (χ3n) is 4.84. The van der Waals surface area contributed by atoms with Gasteiger partial charge in [-0.1, -0.05) is 30.3 Å². The lowest BCUT2D eigenvalue weighted by atomic mass is 10.0. The molecule has 6 nitrogen and oxygen atoms in total. The Morgan fingerprint density at radius 3 is 2.48 bits per heavy atom. The zero-order valence-electron chi connectivity index (χ0n) is 14.6. The lowest BCUT2D eigenvalue weighted by Crippen LogP contribution is -2.33. The van der Waals surface area contributed by atoms with Crippen molar-refractivity contribution in [3.8, 4) is 0 Å². The molecule has 2 saturated heterocycles. The van der Waals surface area contributed by atoms with Gasteiger partial charge in [0.05, 0.1) is 4.91 Å². The number of amides is 2. The number of carbonyl (C=O) groups excluding carboxylic acids is 2. The highest BCUT2D eigenvalue weighted by atomic mass is 32.2. The van der Waals surface area contributed by atoms with Crippen LogP contribution >= 0.6 is 11.8 Å². The number of hydrogen-bond donors (Lipinski definition) is 1. The van der Waals surface area contributed by atoms with Crippen molar-refractivity contribution in [2.45, 2.75) is 12.8 Å². The van der Waals surface area contributed by atoms with Gasteiger partial charge in [0.25, 0.3) is 11.1 Å². The Labute approximate surface area is 160 Å². The fourth-order valence-electron chi connectivity index (χ4n) is 3.58. The molecular weight excluding hydrogens is 364 g/mol. The Hall–Kier alpha value is -2.80. The fourth-order valence-corrected chi connectivity index (χ4v) is 4.41. The van der Waals surface area contributed by atoms with E-state index in [0.29, 0.717) is 0 Å². The summed E-state index contributed by atoms with van der Waals surface area (Å²) in [4.78, 5) is 38.6. The molecular formula is C20H18N2O4S. The summed E-state index contributed by atoms with van der Waals surface area (Å²) in [7, 11) is 0. The summed E-state index contributed by atoms with van der Waals surface area (Å²) in [5.41, 5.74) is 2.02. The molecule has 0 radical (unpaired) electrons. The van der Waals surface area contributed by atoms with Crippen LogP contribution in [0.25, 0.3) is 16.8 Å². The third kappa shape index (κ3) is 3.30. The number of hydrogen-bond acceptors (Lipinski definition) is 5. The monoisotopic (exact) mass is 382 g/mol. The Morgan fingerprint density at radius 2 is 1.78 bits per heavy atom. The fraction of sp³-hybridized carbons (Fsp3) is 0.250. The van der Waals surface area contributed by atoms with E-state index in [-0.39, 0.29) is 4.91 Å². The van der Waals surface area contributed by atoms with Crippen LogP contribution in [0.15, 0.2) is 41.3 Å². The highest BCUT2D eigenvalue weighted by Gasteiger charge is 2.36. The van der Waals surface area contributed by atoms with Crippen LogP contribution in [0, 0.1) is 0 Å². The summed E-state index contributed by atoms with van der Waals surface area (Å²) in [6.45, 7) is 1.46. The normalized spacial score (nSPS) is 18.9. The Kier molecular flexibility index (Phi) is 4.61. The molecule has 1 N–H and O–H groups in total. The van der Waals surface area contributed by atoms with Crippen molar-refractivity contribution in [3.63, 3.8) is 0 Å². The molecule has 2 aliphatic rings. The number of anilines is 1. The van der Waals surface area contributed by atoms with Crippen LogP contribution in [-0.2, 0) is 9.59 Å². The van der Waals surface area contributed by atoms with E-state index in [2.05, 4.69) is 17.0 Å². The first kappa shape index (κ1) is 17.6. The minimum Gasteiger partial charge on any atom is -0.480 e. The number of thioether (sulfide) groups is 1. The summed E-state index contributed by atoms with van der Waals surface area (Å²) in [5.74, 6) is -1.76. The van der Waals surface area contributed by atoms with Gasteiger partial charge in [0.2, 0.25) is 0 Å². The quantitative estimate of drug-likeness (QED) is 0.815. The largest absolute Gasteiger partial charge is 0.480 e. The number of imide groups is 1. The number of carbonyl (C=O) groups is 3. The predicted octanol–water partition coefficient (Wildman–Crippen LogP) is 3.56. The Morgan fingerprint density at radius 1 is 1.07 bits per heavy atom. The molecule has 0 unspecified atom stereocenters. The molecule has 2 aromatic rings. The highest BCUT2D eigenvalue weighted by molar-refractivity contribution is 8.18. The van der Waals surface area contributed by atoms with Gasteiger partial charge in [0, 0.05) is 24.2 Å². The van der Waals surface area contributed by atoms with Crippen molar-refractivity contribution in [2.24, 2.45) is 0 Å². The van der Waals surface area contributed by atoms with Crippen molar-refractivity contribution >= 4 is 51.4 Å². The third-order valence-corrected chi connectivity index (χ3v) is 5.74. The summed E-state index contributed by atoms with van der Waals surface area (Å²) < 4.78 is 0. The second kappa shape index (κ2) is 7.08. The lowest BCUT2D eigenvalue weighted by Gasteiger charge is -2.20. The van der Waals surface area contributed by atoms with E-state index >= 15 is 0 Å². The van der Waals surface area contributed by atoms with Crippen LogP contribution in [0.2, 0.25) is 0 Å². The van der Waals surface area contributed by atoms with E-state index < -0.39 is 23.7 Å². The number of carboxylic acids is 1. The van der Waals surface area contributed by atoms with Crippen LogP contribution in [-0.4, -0.2) is 46.8 Å². The van der Waals surface area contributed by atoms with Gasteiger partial charge < -0.3 is 10.0 Å². The van der Waals surface area contributed by atoms with E-state index in [1.807, 2.05) is 24.3 Å². The molecule has 7 heteroatoms. The number of benzene rings is 2. The molecule has 2 aromatic carbocycles. The van der Waals surface area contributed by atoms with Gasteiger partial charge in [0.15, 0.2) is 0 Å². The van der Waals surface area contributed by atoms with Crippen LogP contribution in [0.5, 0.6) is 0 Å². The average molecular weight is 382 g/mol. The van der Waals surface area contributed by atoms with E-state index in [9.17, 15) is 14.4 Å². The van der Waals surface area contributed by atoms with E-state index in [1.54, 1.807) is 6.08 Å². The lowest BCUT2D eigenvalue weighted by molar-refractivity contribution is -0.140. The molecule has 2 heterocycles. The molecule has 4 rings (SSSR count). The van der Waals surface area contributed by atoms with Crippen LogP contribution < -0.4 is 4.90 Å². The van der Waals surface area contributed by atoms with Gasteiger partial charge in [-0.15, -0.1) is 0 Å². The van der Waals surface area contributed by atoms with Gasteiger partial charge in [-0.2, -0.15) is 0 Å². The zero-order valence-corrected chi connectivity index (χ0v) is 15.4. The van der Waals surface area contributed by atoms with Gasteiger partial charge in [-0.25, -0.2) is 0 Å².